The molecule has 2 aromatic carbocycles. The second-order valence-corrected chi connectivity index (χ2v) is 8.37. The number of aromatic nitrogens is 6. The van der Waals surface area contributed by atoms with Crippen molar-refractivity contribution in [3.05, 3.63) is 82.7 Å². The van der Waals surface area contributed by atoms with Gasteiger partial charge in [-0.3, -0.25) is 14.4 Å². The van der Waals surface area contributed by atoms with E-state index in [1.54, 1.807) is 44.3 Å². The fourth-order valence-electron chi connectivity index (χ4n) is 3.99. The molecule has 5 rings (SSSR count). The summed E-state index contributed by atoms with van der Waals surface area (Å²) >= 11 is 0. The third-order valence-corrected chi connectivity index (χ3v) is 5.97. The van der Waals surface area contributed by atoms with Crippen LogP contribution in [0.4, 0.5) is 10.1 Å². The molecule has 0 spiro atoms. The summed E-state index contributed by atoms with van der Waals surface area (Å²) in [5, 5.41) is 19.2. The number of carbonyl (C=O) groups excluding carboxylic acids is 3. The summed E-state index contributed by atoms with van der Waals surface area (Å²) < 4.78 is 13.5. The Labute approximate surface area is 209 Å². The van der Waals surface area contributed by atoms with Gasteiger partial charge < -0.3 is 15.5 Å². The van der Waals surface area contributed by atoms with Crippen LogP contribution in [-0.2, 0) is 11.3 Å². The van der Waals surface area contributed by atoms with E-state index in [1.165, 1.54) is 17.0 Å². The molecular weight excluding hydrogens is 481 g/mol. The molecule has 0 fully saturated rings. The molecule has 0 bridgehead atoms. The highest BCUT2D eigenvalue weighted by Crippen LogP contribution is 2.37. The highest BCUT2D eigenvalue weighted by molar-refractivity contribution is 6.08. The molecule has 186 valence electrons. The normalized spacial score (nSPS) is 14.4. The summed E-state index contributed by atoms with van der Waals surface area (Å²) in [6.07, 6.45) is 1.10. The van der Waals surface area contributed by atoms with E-state index in [9.17, 15) is 18.8 Å². The Hall–Kier alpha value is -5.07. The van der Waals surface area contributed by atoms with Gasteiger partial charge in [-0.05, 0) is 35.4 Å². The van der Waals surface area contributed by atoms with Crippen LogP contribution in [0, 0.1) is 12.7 Å². The zero-order chi connectivity index (χ0) is 26.1. The molecule has 0 saturated heterocycles. The van der Waals surface area contributed by atoms with E-state index in [-0.39, 0.29) is 29.7 Å². The second kappa shape index (κ2) is 9.53. The topological polar surface area (TPSA) is 159 Å². The molecule has 4 aromatic rings. The van der Waals surface area contributed by atoms with Gasteiger partial charge in [0.25, 0.3) is 17.7 Å². The van der Waals surface area contributed by atoms with Gasteiger partial charge in [0.05, 0.1) is 0 Å². The summed E-state index contributed by atoms with van der Waals surface area (Å²) in [5.74, 6) is -1.47. The van der Waals surface area contributed by atoms with Gasteiger partial charge in [0.15, 0.2) is 0 Å². The van der Waals surface area contributed by atoms with Crippen LogP contribution in [0.25, 0.3) is 11.4 Å². The van der Waals surface area contributed by atoms with Gasteiger partial charge in [-0.2, -0.15) is 5.21 Å². The number of aryl methyl sites for hydroxylation is 1. The molecular formula is C24H20FN9O3. The van der Waals surface area contributed by atoms with E-state index in [4.69, 9.17) is 0 Å². The van der Waals surface area contributed by atoms with E-state index in [2.05, 4.69) is 41.2 Å². The summed E-state index contributed by atoms with van der Waals surface area (Å²) in [5.41, 5.74) is 2.91. The second-order valence-electron chi connectivity index (χ2n) is 8.37. The summed E-state index contributed by atoms with van der Waals surface area (Å²) in [6, 6.07) is 10.0. The number of aromatic amines is 1. The van der Waals surface area contributed by atoms with Gasteiger partial charge >= 0.3 is 0 Å². The van der Waals surface area contributed by atoms with Crippen molar-refractivity contribution in [3.63, 3.8) is 0 Å². The lowest BCUT2D eigenvalue weighted by molar-refractivity contribution is -0.119. The largest absolute Gasteiger partial charge is 0.347 e. The molecule has 0 unspecified atom stereocenters. The maximum absolute atomic E-state index is 13.5. The number of likely N-dealkylation sites (N-methyl/N-ethyl adjacent to an activating group) is 1. The first-order chi connectivity index (χ1) is 17.8. The molecule has 1 aliphatic heterocycles. The summed E-state index contributed by atoms with van der Waals surface area (Å²) in [7, 11) is 1.60. The molecule has 37 heavy (non-hydrogen) atoms. The number of hydrogen-bond donors (Lipinski definition) is 3. The number of nitrogens with zero attached hydrogens (tertiary/aromatic N) is 6. The minimum atomic E-state index is -0.944. The Morgan fingerprint density at radius 1 is 1.08 bits per heavy atom. The number of tetrazole rings is 1. The van der Waals surface area contributed by atoms with Crippen molar-refractivity contribution in [1.82, 2.24) is 41.2 Å². The van der Waals surface area contributed by atoms with Crippen molar-refractivity contribution < 1.29 is 18.8 Å². The number of anilines is 1. The lowest BCUT2D eigenvalue weighted by atomic mass is 10.0. The lowest BCUT2D eigenvalue weighted by Gasteiger charge is -2.13. The molecule has 1 atom stereocenters. The number of hydrogen-bond acceptors (Lipinski definition) is 8. The summed E-state index contributed by atoms with van der Waals surface area (Å²) in [4.78, 5) is 47.8. The fraction of sp³-hybridized carbons (Fsp3) is 0.167. The summed E-state index contributed by atoms with van der Waals surface area (Å²) in [6.45, 7) is 1.78. The predicted molar refractivity (Wildman–Crippen MR) is 128 cm³/mol. The van der Waals surface area contributed by atoms with Crippen molar-refractivity contribution in [1.29, 1.82) is 0 Å². The maximum atomic E-state index is 13.5. The van der Waals surface area contributed by atoms with Crippen LogP contribution in [0.2, 0.25) is 0 Å². The third-order valence-electron chi connectivity index (χ3n) is 5.97. The van der Waals surface area contributed by atoms with Gasteiger partial charge in [0.1, 0.15) is 29.6 Å². The van der Waals surface area contributed by atoms with Gasteiger partial charge in [-0.1, -0.05) is 24.3 Å². The number of benzene rings is 2. The average Bonchev–Trinajstić information content (AvgIpc) is 3.53. The molecule has 12 nitrogen and oxygen atoms in total. The van der Waals surface area contributed by atoms with Gasteiger partial charge in [-0.15, -0.1) is 10.2 Å². The zero-order valence-electron chi connectivity index (χ0n) is 19.7. The quantitative estimate of drug-likeness (QED) is 0.358. The number of carbonyl (C=O) groups is 3. The van der Waals surface area contributed by atoms with E-state index < -0.39 is 17.9 Å². The van der Waals surface area contributed by atoms with E-state index in [0.29, 0.717) is 33.8 Å². The van der Waals surface area contributed by atoms with Crippen LogP contribution in [-0.4, -0.2) is 55.4 Å². The molecule has 1 aliphatic rings. The smallest absolute Gasteiger partial charge is 0.270 e. The third kappa shape index (κ3) is 4.61. The standard InChI is InChI=1S/C24H20FN9O3/c1-12-7-13(3-6-16(12)25)10-26-22(35)17-9-18(28-11-27-17)23(36)29-20-15-5-4-14(21-30-32-33-31-21)8-19(15)34(2)24(20)37/h3-9,11,20H,10H2,1-2H3,(H,26,35)(H,29,36)(H,30,31,32,33)/t20-/m1/s1. The van der Waals surface area contributed by atoms with Crippen LogP contribution in [0.3, 0.4) is 0 Å². The minimum Gasteiger partial charge on any atom is -0.347 e. The number of fused-ring (bicyclic) bond motifs is 1. The molecule has 3 amide bonds. The Morgan fingerprint density at radius 3 is 2.59 bits per heavy atom. The SMILES string of the molecule is Cc1cc(CNC(=O)c2cc(C(=O)N[C@H]3C(=O)N(C)c4cc(-c5nn[nH]n5)ccc43)ncn2)ccc1F. The number of halogens is 1. The van der Waals surface area contributed by atoms with Gasteiger partial charge in [0, 0.05) is 36.5 Å². The number of nitrogens with one attached hydrogen (secondary N) is 3. The molecule has 3 heterocycles. The predicted octanol–water partition coefficient (Wildman–Crippen LogP) is 1.48. The molecule has 3 N–H and O–H groups in total. The monoisotopic (exact) mass is 501 g/mol. The van der Waals surface area contributed by atoms with Crippen molar-refractivity contribution >= 4 is 23.4 Å². The van der Waals surface area contributed by atoms with Crippen molar-refractivity contribution in [3.8, 4) is 11.4 Å². The highest BCUT2D eigenvalue weighted by Gasteiger charge is 2.37. The minimum absolute atomic E-state index is 0.0287. The van der Waals surface area contributed by atoms with Crippen LogP contribution < -0.4 is 15.5 Å². The Kier molecular flexibility index (Phi) is 6.09. The fourth-order valence-corrected chi connectivity index (χ4v) is 3.99. The Bertz CT molecular complexity index is 1520. The van der Waals surface area contributed by atoms with Crippen LogP contribution >= 0.6 is 0 Å². The van der Waals surface area contributed by atoms with Crippen LogP contribution in [0.15, 0.2) is 48.8 Å². The van der Waals surface area contributed by atoms with E-state index in [1.807, 2.05) is 0 Å². The van der Waals surface area contributed by atoms with Crippen LogP contribution in [0.1, 0.15) is 43.7 Å². The van der Waals surface area contributed by atoms with Crippen molar-refractivity contribution in [2.75, 3.05) is 11.9 Å². The van der Waals surface area contributed by atoms with E-state index in [0.717, 1.165) is 6.33 Å². The van der Waals surface area contributed by atoms with Gasteiger partial charge in [-0.25, -0.2) is 14.4 Å². The maximum Gasteiger partial charge on any atom is 0.270 e. The van der Waals surface area contributed by atoms with E-state index >= 15 is 0 Å². The molecule has 0 aliphatic carbocycles. The highest BCUT2D eigenvalue weighted by atomic mass is 19.1. The zero-order valence-corrected chi connectivity index (χ0v) is 19.7. The van der Waals surface area contributed by atoms with Crippen molar-refractivity contribution in [2.24, 2.45) is 0 Å². The molecule has 0 radical (unpaired) electrons. The lowest BCUT2D eigenvalue weighted by Crippen LogP contribution is -2.36. The van der Waals surface area contributed by atoms with Crippen molar-refractivity contribution in [2.45, 2.75) is 19.5 Å². The average molecular weight is 501 g/mol. The molecule has 0 saturated carbocycles. The Morgan fingerprint density at radius 2 is 1.86 bits per heavy atom. The number of rotatable bonds is 6. The first-order valence-corrected chi connectivity index (χ1v) is 11.1. The number of H-pyrrole nitrogens is 1. The molecule has 2 aromatic heterocycles. The van der Waals surface area contributed by atoms with Crippen LogP contribution in [0.5, 0.6) is 0 Å². The first kappa shape index (κ1) is 23.7. The molecule has 13 heteroatoms. The van der Waals surface area contributed by atoms with Gasteiger partial charge in [0.2, 0.25) is 5.82 Å². The Balaban J connectivity index is 1.29. The first-order valence-electron chi connectivity index (χ1n) is 11.1. The number of amides is 3.